The summed E-state index contributed by atoms with van der Waals surface area (Å²) in [6, 6.07) is -4.02. The number of carbonyl (C=O) groups is 12. The zero-order valence-corrected chi connectivity index (χ0v) is 51.5. The molecule has 0 aliphatic heterocycles. The molecule has 6 atom stereocenters. The van der Waals surface area contributed by atoms with E-state index in [0.29, 0.717) is 45.1 Å². The number of aliphatic hydroxyl groups excluding tert-OH is 1. The molecule has 0 spiro atoms. The van der Waals surface area contributed by atoms with E-state index >= 15 is 0 Å². The third kappa shape index (κ3) is 47.7. The Morgan fingerprint density at radius 1 is 0.402 bits per heavy atom. The fraction of sp³-hybridized carbons (Fsp3) is 0.800. The maximum Gasteiger partial charge on any atom is 0.326 e. The Hall–Kier alpha value is -6.00. The first kappa shape index (κ1) is 81.0. The highest BCUT2D eigenvalue weighted by atomic mass is 16.5. The van der Waals surface area contributed by atoms with Crippen molar-refractivity contribution in [2.75, 3.05) is 72.5 Å². The third-order valence-corrected chi connectivity index (χ3v) is 14.3. The second-order valence-electron chi connectivity index (χ2n) is 21.8. The molecule has 500 valence electrons. The minimum atomic E-state index is -1.44. The average molecular weight is 1250 g/mol. The highest BCUT2D eigenvalue weighted by Crippen LogP contribution is 2.18. The van der Waals surface area contributed by atoms with Crippen LogP contribution in [0.3, 0.4) is 0 Å². The Labute approximate surface area is 511 Å². The van der Waals surface area contributed by atoms with Crippen LogP contribution in [0.1, 0.15) is 200 Å². The van der Waals surface area contributed by atoms with E-state index in [4.69, 9.17) is 29.2 Å². The lowest BCUT2D eigenvalue weighted by Gasteiger charge is -2.19. The summed E-state index contributed by atoms with van der Waals surface area (Å²) in [6.07, 6.45) is 14.0. The molecule has 0 saturated heterocycles. The molecule has 0 aromatic rings. The van der Waals surface area contributed by atoms with Gasteiger partial charge in [-0.1, -0.05) is 90.4 Å². The normalized spacial score (nSPS) is 13.3. The smallest absolute Gasteiger partial charge is 0.326 e. The Kier molecular flexibility index (Phi) is 49.4. The van der Waals surface area contributed by atoms with Gasteiger partial charge < -0.3 is 70.9 Å². The fourth-order valence-electron chi connectivity index (χ4n) is 9.12. The molecule has 87 heavy (non-hydrogen) atoms. The molecular weight excluding hydrogens is 1140 g/mol. The number of Topliss-reactive ketones (excluding diaryl/α,β-unsaturated/α-hetero) is 3. The number of rotatable bonds is 62. The summed E-state index contributed by atoms with van der Waals surface area (Å²) >= 11 is 0. The standard InChI is InChI=1S/C60H103N5O22/c1-3-44(50(69)40-63-56(43(2)66)60(82)83)21-18-19-31-61-53(72)41-87-38-36-85-34-32-62-54(73)42-86-37-35-84-33-20-22-46(67)26-28-48(58(78)79)65-52(71)30-25-45(57(76)77)39-47(68)27-29-49(59(80)81)64-51(70)23-16-14-12-10-8-6-4-5-7-9-11-13-15-17-24-55(74)75/h43-45,48-49,56,63,66H,3-42H2,1-2H3,(H,61,72)(H,62,73)(H,64,70)(H,65,71)(H,74,75)(H,76,77)(H,78,79)(H,80,81)(H,82,83)/t43-,44+,45-,48+,49+,56+/m1/s1. The number of hydrogen-bond donors (Lipinski definition) is 11. The topological polar surface area (TPSA) is 423 Å². The third-order valence-electron chi connectivity index (χ3n) is 14.3. The molecule has 0 aromatic carbocycles. The minimum Gasteiger partial charge on any atom is -0.481 e. The highest BCUT2D eigenvalue weighted by Gasteiger charge is 2.28. The summed E-state index contributed by atoms with van der Waals surface area (Å²) in [6.45, 7) is 4.16. The average Bonchev–Trinajstić information content (AvgIpc) is 3.51. The van der Waals surface area contributed by atoms with E-state index in [1.165, 1.54) is 26.2 Å². The van der Waals surface area contributed by atoms with Gasteiger partial charge in [0.05, 0.1) is 51.6 Å². The van der Waals surface area contributed by atoms with Crippen molar-refractivity contribution in [1.29, 1.82) is 0 Å². The second-order valence-corrected chi connectivity index (χ2v) is 21.8. The summed E-state index contributed by atoms with van der Waals surface area (Å²) in [5.74, 6) is -10.6. The van der Waals surface area contributed by atoms with Crippen LogP contribution in [0, 0.1) is 11.8 Å². The van der Waals surface area contributed by atoms with Crippen LogP contribution < -0.4 is 26.6 Å². The van der Waals surface area contributed by atoms with Gasteiger partial charge in [0.25, 0.3) is 0 Å². The van der Waals surface area contributed by atoms with Crippen LogP contribution in [0.5, 0.6) is 0 Å². The van der Waals surface area contributed by atoms with Crippen molar-refractivity contribution in [3.05, 3.63) is 0 Å². The summed E-state index contributed by atoms with van der Waals surface area (Å²) in [7, 11) is 0. The molecule has 0 bridgehead atoms. The first-order valence-electron chi connectivity index (χ1n) is 31.1. The molecule has 0 heterocycles. The van der Waals surface area contributed by atoms with E-state index in [0.717, 1.165) is 64.2 Å². The van der Waals surface area contributed by atoms with Crippen molar-refractivity contribution in [2.24, 2.45) is 11.8 Å². The van der Waals surface area contributed by atoms with Gasteiger partial charge >= 0.3 is 29.8 Å². The largest absolute Gasteiger partial charge is 0.481 e. The van der Waals surface area contributed by atoms with Crippen LogP contribution >= 0.6 is 0 Å². The number of aliphatic carboxylic acids is 5. The number of ketones is 3. The number of amides is 4. The second kappa shape index (κ2) is 53.1. The SMILES string of the molecule is CC[C@@H](CCCCNC(=O)COCCOCCNC(=O)COCCOCCCC(=O)CC[C@H](NC(=O)CC[C@H](CC(=O)CC[C@H](NC(=O)CCCCCCCCCCCCCCCCC(=O)O)C(=O)O)C(=O)O)C(=O)O)C(=O)CN[C@H](C(=O)O)[C@@H](C)O. The molecule has 27 nitrogen and oxygen atoms in total. The van der Waals surface area contributed by atoms with Crippen molar-refractivity contribution < 1.29 is 107 Å². The predicted molar refractivity (Wildman–Crippen MR) is 316 cm³/mol. The molecule has 4 amide bonds. The summed E-state index contributed by atoms with van der Waals surface area (Å²) in [4.78, 5) is 144. The maximum absolute atomic E-state index is 12.8. The van der Waals surface area contributed by atoms with Crippen LogP contribution in [0.15, 0.2) is 0 Å². The maximum atomic E-state index is 12.8. The Morgan fingerprint density at radius 3 is 1.36 bits per heavy atom. The Morgan fingerprint density at radius 2 is 0.874 bits per heavy atom. The van der Waals surface area contributed by atoms with Gasteiger partial charge in [-0.05, 0) is 64.7 Å². The minimum absolute atomic E-state index is 0.0632. The predicted octanol–water partition coefficient (Wildman–Crippen LogP) is 4.29. The van der Waals surface area contributed by atoms with E-state index < -0.39 is 90.4 Å². The van der Waals surface area contributed by atoms with Gasteiger partial charge in [-0.25, -0.2) is 9.59 Å². The first-order valence-corrected chi connectivity index (χ1v) is 31.1. The zero-order valence-electron chi connectivity index (χ0n) is 51.5. The number of carboxylic acids is 5. The highest BCUT2D eigenvalue weighted by molar-refractivity contribution is 5.88. The Balaban J connectivity index is 4.14. The van der Waals surface area contributed by atoms with Crippen molar-refractivity contribution in [1.82, 2.24) is 26.6 Å². The summed E-state index contributed by atoms with van der Waals surface area (Å²) < 4.78 is 21.4. The van der Waals surface area contributed by atoms with Crippen LogP contribution in [0.4, 0.5) is 0 Å². The van der Waals surface area contributed by atoms with Gasteiger partial charge in [0.2, 0.25) is 23.6 Å². The molecule has 0 aromatic heterocycles. The molecule has 0 fully saturated rings. The fourth-order valence-corrected chi connectivity index (χ4v) is 9.12. The summed E-state index contributed by atoms with van der Waals surface area (Å²) in [5, 5.41) is 69.1. The number of ether oxygens (including phenoxy) is 4. The van der Waals surface area contributed by atoms with E-state index in [1.54, 1.807) is 0 Å². The van der Waals surface area contributed by atoms with Crippen LogP contribution in [-0.4, -0.2) is 198 Å². The van der Waals surface area contributed by atoms with E-state index in [9.17, 15) is 78.0 Å². The number of carboxylic acid groups (broad SMARTS) is 5. The van der Waals surface area contributed by atoms with Gasteiger partial charge in [0.1, 0.15) is 48.7 Å². The molecule has 0 saturated carbocycles. The van der Waals surface area contributed by atoms with Crippen LogP contribution in [0.25, 0.3) is 0 Å². The van der Waals surface area contributed by atoms with Crippen molar-refractivity contribution in [2.45, 2.75) is 224 Å². The quantitative estimate of drug-likeness (QED) is 0.0378. The van der Waals surface area contributed by atoms with Crippen molar-refractivity contribution in [3.8, 4) is 0 Å². The van der Waals surface area contributed by atoms with E-state index in [1.807, 2.05) is 6.92 Å². The van der Waals surface area contributed by atoms with Gasteiger partial charge in [-0.3, -0.25) is 53.3 Å². The molecule has 27 heteroatoms. The van der Waals surface area contributed by atoms with Crippen molar-refractivity contribution in [3.63, 3.8) is 0 Å². The monoisotopic (exact) mass is 1250 g/mol. The van der Waals surface area contributed by atoms with E-state index in [-0.39, 0.29) is 147 Å². The number of carbonyl (C=O) groups excluding carboxylic acids is 7. The molecular formula is C60H103N5O22. The van der Waals surface area contributed by atoms with Crippen molar-refractivity contribution >= 4 is 70.8 Å². The van der Waals surface area contributed by atoms with Crippen LogP contribution in [0.2, 0.25) is 0 Å². The number of nitrogens with one attached hydrogen (secondary N) is 5. The van der Waals surface area contributed by atoms with Gasteiger partial charge in [-0.15, -0.1) is 0 Å². The lowest BCUT2D eigenvalue weighted by atomic mass is 9.94. The molecule has 0 aliphatic rings. The number of hydrogen-bond acceptors (Lipinski definition) is 18. The number of unbranched alkanes of at least 4 members (excludes halogenated alkanes) is 14. The Bertz CT molecular complexity index is 2030. The molecule has 0 unspecified atom stereocenters. The first-order chi connectivity index (χ1) is 41.6. The van der Waals surface area contributed by atoms with Gasteiger partial charge in [-0.2, -0.15) is 0 Å². The molecule has 0 aliphatic carbocycles. The zero-order chi connectivity index (χ0) is 65.0. The molecule has 11 N–H and O–H groups in total. The lowest BCUT2D eigenvalue weighted by molar-refractivity contribution is -0.145. The lowest BCUT2D eigenvalue weighted by Crippen LogP contribution is -2.47. The van der Waals surface area contributed by atoms with E-state index in [2.05, 4.69) is 26.6 Å². The van der Waals surface area contributed by atoms with Gasteiger partial charge in [0.15, 0.2) is 0 Å². The number of aliphatic hydroxyl groups is 1. The van der Waals surface area contributed by atoms with Gasteiger partial charge in [0, 0.05) is 70.6 Å². The molecule has 0 rings (SSSR count). The van der Waals surface area contributed by atoms with Crippen LogP contribution in [-0.2, 0) is 76.5 Å². The molecule has 0 radical (unpaired) electrons. The summed E-state index contributed by atoms with van der Waals surface area (Å²) in [5.41, 5.74) is 0.